The average molecular weight is 327 g/mol. The fraction of sp³-hybridized carbons (Fsp3) is 0.235. The SMILES string of the molecule is O=C(NC[C@@H]1COc2ccccc2C1)Nc1cccc([N+](=O)[O-])c1. The number of nitrogens with zero attached hydrogens (tertiary/aromatic N) is 1. The lowest BCUT2D eigenvalue weighted by atomic mass is 9.97. The molecule has 0 spiro atoms. The lowest BCUT2D eigenvalue weighted by Crippen LogP contribution is -2.37. The van der Waals surface area contributed by atoms with Gasteiger partial charge in [-0.2, -0.15) is 0 Å². The van der Waals surface area contributed by atoms with Crippen LogP contribution >= 0.6 is 0 Å². The quantitative estimate of drug-likeness (QED) is 0.667. The molecule has 0 aromatic heterocycles. The van der Waals surface area contributed by atoms with Crippen LogP contribution in [0.3, 0.4) is 0 Å². The standard InChI is InChI=1S/C17H17N3O4/c21-17(19-14-5-3-6-15(9-14)20(22)23)18-10-12-8-13-4-1-2-7-16(13)24-11-12/h1-7,9,12H,8,10-11H2,(H2,18,19,21)/t12-/m1/s1. The Morgan fingerprint density at radius 3 is 2.92 bits per heavy atom. The second-order valence-corrected chi connectivity index (χ2v) is 5.63. The molecule has 7 heteroatoms. The third-order valence-electron chi connectivity index (χ3n) is 3.82. The fourth-order valence-electron chi connectivity index (χ4n) is 2.63. The van der Waals surface area contributed by atoms with Crippen molar-refractivity contribution in [3.05, 3.63) is 64.2 Å². The molecule has 1 heterocycles. The highest BCUT2D eigenvalue weighted by atomic mass is 16.6. The zero-order valence-corrected chi connectivity index (χ0v) is 12.9. The Hall–Kier alpha value is -3.09. The van der Waals surface area contributed by atoms with E-state index >= 15 is 0 Å². The van der Waals surface area contributed by atoms with E-state index in [0.717, 1.165) is 17.7 Å². The van der Waals surface area contributed by atoms with Crippen molar-refractivity contribution in [2.75, 3.05) is 18.5 Å². The first kappa shape index (κ1) is 15.8. The second kappa shape index (κ2) is 6.99. The van der Waals surface area contributed by atoms with Crippen LogP contribution in [0.1, 0.15) is 5.56 Å². The highest BCUT2D eigenvalue weighted by molar-refractivity contribution is 5.89. The molecule has 0 fully saturated rings. The number of para-hydroxylation sites is 1. The van der Waals surface area contributed by atoms with Gasteiger partial charge in [-0.1, -0.05) is 24.3 Å². The van der Waals surface area contributed by atoms with Gasteiger partial charge in [0.15, 0.2) is 0 Å². The van der Waals surface area contributed by atoms with Crippen LogP contribution in [0.4, 0.5) is 16.2 Å². The van der Waals surface area contributed by atoms with Crippen LogP contribution in [0.5, 0.6) is 5.75 Å². The molecule has 0 unspecified atom stereocenters. The van der Waals surface area contributed by atoms with E-state index in [2.05, 4.69) is 10.6 Å². The van der Waals surface area contributed by atoms with Gasteiger partial charge in [-0.25, -0.2) is 4.79 Å². The van der Waals surface area contributed by atoms with Crippen LogP contribution in [-0.4, -0.2) is 24.1 Å². The zero-order chi connectivity index (χ0) is 16.9. The maximum atomic E-state index is 11.9. The summed E-state index contributed by atoms with van der Waals surface area (Å²) in [6.45, 7) is 1.02. The highest BCUT2D eigenvalue weighted by Gasteiger charge is 2.20. The van der Waals surface area contributed by atoms with Crippen molar-refractivity contribution in [2.24, 2.45) is 5.92 Å². The lowest BCUT2D eigenvalue weighted by molar-refractivity contribution is -0.384. The summed E-state index contributed by atoms with van der Waals surface area (Å²) in [5.74, 6) is 1.09. The number of anilines is 1. The Bertz CT molecular complexity index is 763. The number of nitro groups is 1. The molecule has 3 rings (SSSR count). The van der Waals surface area contributed by atoms with Crippen LogP contribution in [0, 0.1) is 16.0 Å². The molecule has 2 aromatic carbocycles. The number of amides is 2. The number of ether oxygens (including phenoxy) is 1. The fourth-order valence-corrected chi connectivity index (χ4v) is 2.63. The molecule has 1 atom stereocenters. The number of nitro benzene ring substituents is 1. The number of carbonyl (C=O) groups excluding carboxylic acids is 1. The van der Waals surface area contributed by atoms with Gasteiger partial charge < -0.3 is 15.4 Å². The summed E-state index contributed by atoms with van der Waals surface area (Å²) in [6.07, 6.45) is 0.841. The topological polar surface area (TPSA) is 93.5 Å². The highest BCUT2D eigenvalue weighted by Crippen LogP contribution is 2.26. The number of fused-ring (bicyclic) bond motifs is 1. The number of rotatable bonds is 4. The molecule has 1 aliphatic rings. The van der Waals surface area contributed by atoms with Gasteiger partial charge in [0.2, 0.25) is 0 Å². The minimum atomic E-state index is -0.500. The number of urea groups is 1. The van der Waals surface area contributed by atoms with Crippen LogP contribution in [0.2, 0.25) is 0 Å². The van der Waals surface area contributed by atoms with E-state index in [1.54, 1.807) is 6.07 Å². The van der Waals surface area contributed by atoms with E-state index in [-0.39, 0.29) is 11.6 Å². The average Bonchev–Trinajstić information content (AvgIpc) is 2.60. The number of hydrogen-bond acceptors (Lipinski definition) is 4. The molecule has 0 aliphatic carbocycles. The van der Waals surface area contributed by atoms with E-state index in [0.29, 0.717) is 18.8 Å². The Balaban J connectivity index is 1.51. The van der Waals surface area contributed by atoms with Crippen LogP contribution in [0.15, 0.2) is 48.5 Å². The molecule has 2 N–H and O–H groups in total. The largest absolute Gasteiger partial charge is 0.493 e. The van der Waals surface area contributed by atoms with Crippen molar-refractivity contribution in [2.45, 2.75) is 6.42 Å². The van der Waals surface area contributed by atoms with E-state index < -0.39 is 11.0 Å². The first-order valence-electron chi connectivity index (χ1n) is 7.62. The molecule has 0 bridgehead atoms. The first-order valence-corrected chi connectivity index (χ1v) is 7.62. The van der Waals surface area contributed by atoms with Gasteiger partial charge in [0, 0.05) is 30.3 Å². The van der Waals surface area contributed by atoms with E-state index in [9.17, 15) is 14.9 Å². The van der Waals surface area contributed by atoms with Gasteiger partial charge >= 0.3 is 6.03 Å². The molecular weight excluding hydrogens is 310 g/mol. The molecule has 1 aliphatic heterocycles. The van der Waals surface area contributed by atoms with Gasteiger partial charge in [-0.05, 0) is 24.1 Å². The van der Waals surface area contributed by atoms with Crippen molar-refractivity contribution in [1.82, 2.24) is 5.32 Å². The third-order valence-corrected chi connectivity index (χ3v) is 3.82. The Morgan fingerprint density at radius 1 is 1.25 bits per heavy atom. The molecule has 124 valence electrons. The van der Waals surface area contributed by atoms with E-state index in [1.165, 1.54) is 18.2 Å². The van der Waals surface area contributed by atoms with Crippen LogP contribution < -0.4 is 15.4 Å². The minimum Gasteiger partial charge on any atom is -0.493 e. The minimum absolute atomic E-state index is 0.0647. The monoisotopic (exact) mass is 327 g/mol. The molecule has 24 heavy (non-hydrogen) atoms. The Labute approximate surface area is 138 Å². The molecule has 0 saturated carbocycles. The molecule has 2 aromatic rings. The number of benzene rings is 2. The number of non-ortho nitro benzene ring substituents is 1. The van der Waals surface area contributed by atoms with Crippen LogP contribution in [0.25, 0.3) is 0 Å². The number of hydrogen-bond donors (Lipinski definition) is 2. The Morgan fingerprint density at radius 2 is 2.08 bits per heavy atom. The molecule has 7 nitrogen and oxygen atoms in total. The first-order chi connectivity index (χ1) is 11.6. The summed E-state index contributed by atoms with van der Waals surface area (Å²) in [5.41, 5.74) is 1.45. The summed E-state index contributed by atoms with van der Waals surface area (Å²) in [6, 6.07) is 13.3. The van der Waals surface area contributed by atoms with Gasteiger partial charge in [0.25, 0.3) is 5.69 Å². The normalized spacial score (nSPS) is 15.8. The van der Waals surface area contributed by atoms with Gasteiger partial charge in [0.1, 0.15) is 5.75 Å². The predicted molar refractivity (Wildman–Crippen MR) is 89.2 cm³/mol. The van der Waals surface area contributed by atoms with Crippen molar-refractivity contribution in [1.29, 1.82) is 0 Å². The van der Waals surface area contributed by atoms with Gasteiger partial charge in [-0.3, -0.25) is 10.1 Å². The van der Waals surface area contributed by atoms with E-state index in [1.807, 2.05) is 24.3 Å². The summed E-state index contributed by atoms with van der Waals surface area (Å²) in [7, 11) is 0. The molecule has 0 radical (unpaired) electrons. The van der Waals surface area contributed by atoms with E-state index in [4.69, 9.17) is 4.74 Å². The predicted octanol–water partition coefficient (Wildman–Crippen LogP) is 2.97. The Kier molecular flexibility index (Phi) is 4.60. The summed E-state index contributed by atoms with van der Waals surface area (Å²) < 4.78 is 5.68. The summed E-state index contributed by atoms with van der Waals surface area (Å²) in [5, 5.41) is 16.1. The second-order valence-electron chi connectivity index (χ2n) is 5.63. The lowest BCUT2D eigenvalue weighted by Gasteiger charge is -2.25. The molecular formula is C17H17N3O4. The number of carbonyl (C=O) groups is 1. The number of nitrogens with one attached hydrogen (secondary N) is 2. The van der Waals surface area contributed by atoms with Crippen LogP contribution in [-0.2, 0) is 6.42 Å². The molecule has 2 amide bonds. The summed E-state index contributed by atoms with van der Waals surface area (Å²) in [4.78, 5) is 22.2. The maximum Gasteiger partial charge on any atom is 0.319 e. The van der Waals surface area contributed by atoms with Crippen molar-refractivity contribution >= 4 is 17.4 Å². The zero-order valence-electron chi connectivity index (χ0n) is 12.9. The van der Waals surface area contributed by atoms with Crippen molar-refractivity contribution in [3.8, 4) is 5.75 Å². The third kappa shape index (κ3) is 3.81. The van der Waals surface area contributed by atoms with Crippen molar-refractivity contribution < 1.29 is 14.5 Å². The maximum absolute atomic E-state index is 11.9. The van der Waals surface area contributed by atoms with Gasteiger partial charge in [-0.15, -0.1) is 0 Å². The molecule has 0 saturated heterocycles. The van der Waals surface area contributed by atoms with Gasteiger partial charge in [0.05, 0.1) is 11.5 Å². The van der Waals surface area contributed by atoms with Crippen molar-refractivity contribution in [3.63, 3.8) is 0 Å². The smallest absolute Gasteiger partial charge is 0.319 e. The summed E-state index contributed by atoms with van der Waals surface area (Å²) >= 11 is 0.